The molecule has 1 saturated heterocycles. The van der Waals surface area contributed by atoms with Gasteiger partial charge >= 0.3 is 0 Å². The van der Waals surface area contributed by atoms with Gasteiger partial charge in [0.15, 0.2) is 0 Å². The van der Waals surface area contributed by atoms with E-state index in [4.69, 9.17) is 0 Å². The molecule has 1 aliphatic rings. The lowest BCUT2D eigenvalue weighted by atomic mass is 9.96. The Morgan fingerprint density at radius 1 is 1.37 bits per heavy atom. The van der Waals surface area contributed by atoms with Crippen molar-refractivity contribution in [2.75, 3.05) is 25.0 Å². The van der Waals surface area contributed by atoms with Gasteiger partial charge in [0.1, 0.15) is 11.6 Å². The van der Waals surface area contributed by atoms with Gasteiger partial charge in [-0.1, -0.05) is 13.3 Å². The van der Waals surface area contributed by atoms with Gasteiger partial charge in [-0.05, 0) is 39.2 Å². The number of rotatable bonds is 5. The second kappa shape index (κ2) is 6.85. The van der Waals surface area contributed by atoms with E-state index in [0.29, 0.717) is 0 Å². The fourth-order valence-corrected chi connectivity index (χ4v) is 2.80. The maximum Gasteiger partial charge on any atom is 0.144 e. The average molecular weight is 262 g/mol. The van der Waals surface area contributed by atoms with E-state index in [-0.39, 0.29) is 0 Å². The van der Waals surface area contributed by atoms with Crippen molar-refractivity contribution in [1.82, 2.24) is 14.9 Å². The minimum absolute atomic E-state index is 0.854. The van der Waals surface area contributed by atoms with E-state index in [1.807, 2.05) is 13.0 Å². The molecule has 106 valence electrons. The smallest absolute Gasteiger partial charge is 0.144 e. The van der Waals surface area contributed by atoms with Crippen LogP contribution in [0.25, 0.3) is 0 Å². The second-order valence-electron chi connectivity index (χ2n) is 5.49. The zero-order valence-corrected chi connectivity index (χ0v) is 12.4. The molecule has 0 radical (unpaired) electrons. The molecule has 1 aromatic heterocycles. The van der Waals surface area contributed by atoms with E-state index < -0.39 is 0 Å². The molecule has 2 heterocycles. The topological polar surface area (TPSA) is 41.1 Å². The average Bonchev–Trinajstić information content (AvgIpc) is 2.38. The first kappa shape index (κ1) is 14.3. The predicted octanol–water partition coefficient (Wildman–Crippen LogP) is 2.84. The predicted molar refractivity (Wildman–Crippen MR) is 79.2 cm³/mol. The maximum absolute atomic E-state index is 4.60. The Hall–Kier alpha value is -1.16. The van der Waals surface area contributed by atoms with Crippen molar-refractivity contribution in [1.29, 1.82) is 0 Å². The molecule has 1 aliphatic heterocycles. The molecule has 0 bridgehead atoms. The van der Waals surface area contributed by atoms with Crippen molar-refractivity contribution in [3.63, 3.8) is 0 Å². The van der Waals surface area contributed by atoms with Crippen LogP contribution in [0.15, 0.2) is 6.07 Å². The van der Waals surface area contributed by atoms with Crippen molar-refractivity contribution < 1.29 is 0 Å². The van der Waals surface area contributed by atoms with Gasteiger partial charge in [-0.3, -0.25) is 4.90 Å². The van der Waals surface area contributed by atoms with E-state index in [9.17, 15) is 0 Å². The zero-order chi connectivity index (χ0) is 13.7. The Bertz CT molecular complexity index is 405. The SMILES string of the molecule is CCNc1cc(C)nc(CN2CCCC(CC)C2)n1. The van der Waals surface area contributed by atoms with Crippen LogP contribution in [0.5, 0.6) is 0 Å². The highest BCUT2D eigenvalue weighted by atomic mass is 15.2. The fourth-order valence-electron chi connectivity index (χ4n) is 2.80. The zero-order valence-electron chi connectivity index (χ0n) is 12.4. The standard InChI is InChI=1S/C15H26N4/c1-4-13-7-6-8-19(10-13)11-15-17-12(3)9-14(18-15)16-5-2/h9,13H,4-8,10-11H2,1-3H3,(H,16,17,18). The van der Waals surface area contributed by atoms with Gasteiger partial charge in [0.2, 0.25) is 0 Å². The number of hydrogen-bond donors (Lipinski definition) is 1. The minimum Gasteiger partial charge on any atom is -0.370 e. The van der Waals surface area contributed by atoms with Crippen molar-refractivity contribution in [3.05, 3.63) is 17.6 Å². The monoisotopic (exact) mass is 262 g/mol. The molecular formula is C15H26N4. The third-order valence-corrected chi connectivity index (χ3v) is 3.80. The maximum atomic E-state index is 4.60. The van der Waals surface area contributed by atoms with Gasteiger partial charge in [-0.25, -0.2) is 9.97 Å². The van der Waals surface area contributed by atoms with E-state index in [1.54, 1.807) is 0 Å². The van der Waals surface area contributed by atoms with Crippen LogP contribution in [0.2, 0.25) is 0 Å². The highest BCUT2D eigenvalue weighted by Gasteiger charge is 2.19. The lowest BCUT2D eigenvalue weighted by molar-refractivity contribution is 0.161. The molecule has 1 N–H and O–H groups in total. The lowest BCUT2D eigenvalue weighted by Crippen LogP contribution is -2.35. The molecule has 1 atom stereocenters. The van der Waals surface area contributed by atoms with Gasteiger partial charge in [-0.2, -0.15) is 0 Å². The molecule has 0 aromatic carbocycles. The number of aryl methyl sites for hydroxylation is 1. The van der Waals surface area contributed by atoms with Crippen molar-refractivity contribution in [3.8, 4) is 0 Å². The quantitative estimate of drug-likeness (QED) is 0.886. The largest absolute Gasteiger partial charge is 0.370 e. The number of likely N-dealkylation sites (tertiary alicyclic amines) is 1. The molecule has 4 nitrogen and oxygen atoms in total. The Kier molecular flexibility index (Phi) is 5.14. The summed E-state index contributed by atoms with van der Waals surface area (Å²) in [5, 5.41) is 3.28. The number of anilines is 1. The van der Waals surface area contributed by atoms with Crippen LogP contribution in [-0.2, 0) is 6.54 Å². The Morgan fingerprint density at radius 2 is 2.21 bits per heavy atom. The normalized spacial score (nSPS) is 20.5. The molecule has 19 heavy (non-hydrogen) atoms. The van der Waals surface area contributed by atoms with Gasteiger partial charge in [-0.15, -0.1) is 0 Å². The number of aromatic nitrogens is 2. The van der Waals surface area contributed by atoms with Crippen LogP contribution >= 0.6 is 0 Å². The molecule has 0 saturated carbocycles. The Morgan fingerprint density at radius 3 is 2.95 bits per heavy atom. The van der Waals surface area contributed by atoms with Gasteiger partial charge < -0.3 is 5.32 Å². The minimum atomic E-state index is 0.854. The molecule has 1 unspecified atom stereocenters. The fraction of sp³-hybridized carbons (Fsp3) is 0.733. The van der Waals surface area contributed by atoms with Gasteiger partial charge in [0.25, 0.3) is 0 Å². The summed E-state index contributed by atoms with van der Waals surface area (Å²) >= 11 is 0. The van der Waals surface area contributed by atoms with Crippen molar-refractivity contribution >= 4 is 5.82 Å². The van der Waals surface area contributed by atoms with Gasteiger partial charge in [0.05, 0.1) is 6.54 Å². The molecule has 0 aliphatic carbocycles. The molecular weight excluding hydrogens is 236 g/mol. The highest BCUT2D eigenvalue weighted by Crippen LogP contribution is 2.20. The van der Waals surface area contributed by atoms with Crippen molar-refractivity contribution in [2.24, 2.45) is 5.92 Å². The van der Waals surface area contributed by atoms with Crippen LogP contribution in [0.3, 0.4) is 0 Å². The summed E-state index contributed by atoms with van der Waals surface area (Å²) in [5.41, 5.74) is 1.05. The summed E-state index contributed by atoms with van der Waals surface area (Å²) in [6, 6.07) is 2.01. The van der Waals surface area contributed by atoms with E-state index in [1.165, 1.54) is 32.4 Å². The third-order valence-electron chi connectivity index (χ3n) is 3.80. The first-order chi connectivity index (χ1) is 9.21. The Labute approximate surface area is 116 Å². The second-order valence-corrected chi connectivity index (χ2v) is 5.49. The number of nitrogens with one attached hydrogen (secondary N) is 1. The van der Waals surface area contributed by atoms with Crippen LogP contribution in [-0.4, -0.2) is 34.5 Å². The third kappa shape index (κ3) is 4.16. The van der Waals surface area contributed by atoms with Crippen molar-refractivity contribution in [2.45, 2.75) is 46.6 Å². The molecule has 0 spiro atoms. The van der Waals surface area contributed by atoms with E-state index >= 15 is 0 Å². The summed E-state index contributed by atoms with van der Waals surface area (Å²) in [6.07, 6.45) is 3.97. The summed E-state index contributed by atoms with van der Waals surface area (Å²) in [5.74, 6) is 2.76. The van der Waals surface area contributed by atoms with Gasteiger partial charge in [0, 0.05) is 24.8 Å². The summed E-state index contributed by atoms with van der Waals surface area (Å²) in [6.45, 7) is 10.6. The summed E-state index contributed by atoms with van der Waals surface area (Å²) in [4.78, 5) is 11.7. The molecule has 4 heteroatoms. The lowest BCUT2D eigenvalue weighted by Gasteiger charge is -2.31. The van der Waals surface area contributed by atoms with E-state index in [0.717, 1.165) is 36.3 Å². The number of hydrogen-bond acceptors (Lipinski definition) is 4. The molecule has 2 rings (SSSR count). The van der Waals surface area contributed by atoms with Crippen LogP contribution in [0.1, 0.15) is 44.6 Å². The Balaban J connectivity index is 2.01. The van der Waals surface area contributed by atoms with E-state index in [2.05, 4.69) is 34.0 Å². The molecule has 0 amide bonds. The van der Waals surface area contributed by atoms with Crippen LogP contribution in [0, 0.1) is 12.8 Å². The van der Waals surface area contributed by atoms with Crippen LogP contribution in [0.4, 0.5) is 5.82 Å². The van der Waals surface area contributed by atoms with Crippen LogP contribution < -0.4 is 5.32 Å². The molecule has 1 aromatic rings. The summed E-state index contributed by atoms with van der Waals surface area (Å²) < 4.78 is 0. The first-order valence-corrected chi connectivity index (χ1v) is 7.52. The summed E-state index contributed by atoms with van der Waals surface area (Å²) in [7, 11) is 0. The number of nitrogens with zero attached hydrogens (tertiary/aromatic N) is 3. The number of piperidine rings is 1. The molecule has 1 fully saturated rings. The first-order valence-electron chi connectivity index (χ1n) is 7.52. The highest BCUT2D eigenvalue weighted by molar-refractivity contribution is 5.35.